The molecule has 1 aliphatic rings. The van der Waals surface area contributed by atoms with Gasteiger partial charge in [-0.3, -0.25) is 4.57 Å². The topological polar surface area (TPSA) is 62.9 Å². The quantitative estimate of drug-likeness (QED) is 0.658. The van der Waals surface area contributed by atoms with E-state index in [1.54, 1.807) is 0 Å². The molecule has 1 N–H and O–H groups in total. The number of nitrogens with one attached hydrogen (secondary N) is 1. The second kappa shape index (κ2) is 5.86. The van der Waals surface area contributed by atoms with E-state index in [1.165, 1.54) is 0 Å². The highest BCUT2D eigenvalue weighted by molar-refractivity contribution is 6.76. The second-order valence-electron chi connectivity index (χ2n) is 6.14. The van der Waals surface area contributed by atoms with Crippen LogP contribution in [0.25, 0.3) is 0 Å². The molecule has 0 saturated heterocycles. The molecule has 0 aromatic carbocycles. The van der Waals surface area contributed by atoms with Crippen LogP contribution in [0, 0.1) is 11.3 Å². The first-order chi connectivity index (χ1) is 9.01. The van der Waals surface area contributed by atoms with Gasteiger partial charge in [0.05, 0.1) is 11.4 Å². The normalized spacial score (nSPS) is 15.1. The Morgan fingerprint density at radius 1 is 1.47 bits per heavy atom. The van der Waals surface area contributed by atoms with Crippen LogP contribution in [0.2, 0.25) is 25.7 Å². The molecule has 0 saturated carbocycles. The minimum atomic E-state index is -1.06. The molecule has 0 fully saturated rings. The molecule has 104 valence electrons. The van der Waals surface area contributed by atoms with Crippen LogP contribution >= 0.6 is 0 Å². The van der Waals surface area contributed by atoms with Crippen molar-refractivity contribution in [2.75, 3.05) is 13.2 Å². The summed E-state index contributed by atoms with van der Waals surface area (Å²) >= 11 is 0. The number of imidazole rings is 1. The molecule has 0 bridgehead atoms. The Labute approximate surface area is 115 Å². The predicted molar refractivity (Wildman–Crippen MR) is 76.5 cm³/mol. The SMILES string of the molecule is C[Si](C)(C)CCOCn1c(C#N)nc2c1CNCC2. The Morgan fingerprint density at radius 2 is 2.26 bits per heavy atom. The summed E-state index contributed by atoms with van der Waals surface area (Å²) < 4.78 is 7.65. The molecule has 2 rings (SSSR count). The van der Waals surface area contributed by atoms with Gasteiger partial charge in [-0.2, -0.15) is 5.26 Å². The van der Waals surface area contributed by atoms with Crippen molar-refractivity contribution in [1.82, 2.24) is 14.9 Å². The number of nitriles is 1. The zero-order chi connectivity index (χ0) is 13.9. The van der Waals surface area contributed by atoms with Crippen molar-refractivity contribution in [3.8, 4) is 6.07 Å². The van der Waals surface area contributed by atoms with Crippen molar-refractivity contribution >= 4 is 8.07 Å². The highest BCUT2D eigenvalue weighted by Crippen LogP contribution is 2.16. The van der Waals surface area contributed by atoms with Gasteiger partial charge in [-0.15, -0.1) is 0 Å². The van der Waals surface area contributed by atoms with Gasteiger partial charge in [-0.05, 0) is 6.04 Å². The maximum absolute atomic E-state index is 9.15. The van der Waals surface area contributed by atoms with Gasteiger partial charge in [0.15, 0.2) is 0 Å². The van der Waals surface area contributed by atoms with Gasteiger partial charge in [0.1, 0.15) is 12.8 Å². The van der Waals surface area contributed by atoms with Crippen LogP contribution < -0.4 is 5.32 Å². The maximum Gasteiger partial charge on any atom is 0.215 e. The number of hydrogen-bond donors (Lipinski definition) is 1. The Balaban J connectivity index is 2.00. The number of rotatable bonds is 5. The summed E-state index contributed by atoms with van der Waals surface area (Å²) in [6, 6.07) is 3.31. The number of nitrogens with zero attached hydrogens (tertiary/aromatic N) is 3. The third-order valence-corrected chi connectivity index (χ3v) is 5.01. The van der Waals surface area contributed by atoms with Crippen LogP contribution in [-0.4, -0.2) is 30.8 Å². The summed E-state index contributed by atoms with van der Waals surface area (Å²) in [5, 5.41) is 12.5. The smallest absolute Gasteiger partial charge is 0.215 e. The van der Waals surface area contributed by atoms with E-state index < -0.39 is 8.07 Å². The fourth-order valence-electron chi connectivity index (χ4n) is 2.11. The molecule has 0 atom stereocenters. The van der Waals surface area contributed by atoms with Gasteiger partial charge in [0.25, 0.3) is 0 Å². The van der Waals surface area contributed by atoms with Gasteiger partial charge in [0.2, 0.25) is 5.82 Å². The van der Waals surface area contributed by atoms with Crippen molar-refractivity contribution in [2.45, 2.75) is 45.4 Å². The number of hydrogen-bond acceptors (Lipinski definition) is 4. The highest BCUT2D eigenvalue weighted by atomic mass is 28.3. The van der Waals surface area contributed by atoms with Crippen molar-refractivity contribution in [2.24, 2.45) is 0 Å². The first-order valence-electron chi connectivity index (χ1n) is 6.78. The lowest BCUT2D eigenvalue weighted by molar-refractivity contribution is 0.0842. The van der Waals surface area contributed by atoms with Crippen LogP contribution in [0.4, 0.5) is 0 Å². The lowest BCUT2D eigenvalue weighted by Gasteiger charge is -2.18. The van der Waals surface area contributed by atoms with E-state index in [4.69, 9.17) is 10.00 Å². The number of aromatic nitrogens is 2. The maximum atomic E-state index is 9.15. The van der Waals surface area contributed by atoms with Crippen LogP contribution in [0.3, 0.4) is 0 Å². The Kier molecular flexibility index (Phi) is 4.40. The van der Waals surface area contributed by atoms with E-state index >= 15 is 0 Å². The van der Waals surface area contributed by atoms with E-state index in [2.05, 4.69) is 36.0 Å². The Morgan fingerprint density at radius 3 is 2.95 bits per heavy atom. The third-order valence-electron chi connectivity index (χ3n) is 3.30. The number of fused-ring (bicyclic) bond motifs is 1. The standard InChI is InChI=1S/C13H22N4OSi/c1-19(2,3)7-6-18-10-17-12-9-15-5-4-11(12)16-13(17)8-14/h15H,4-7,9-10H2,1-3H3. The molecule has 0 unspecified atom stereocenters. The highest BCUT2D eigenvalue weighted by Gasteiger charge is 2.19. The van der Waals surface area contributed by atoms with Crippen molar-refractivity contribution < 1.29 is 4.74 Å². The number of ether oxygens (including phenoxy) is 1. The van der Waals surface area contributed by atoms with Gasteiger partial charge in [0, 0.05) is 34.2 Å². The average molecular weight is 278 g/mol. The van der Waals surface area contributed by atoms with Crippen LogP contribution in [0.15, 0.2) is 0 Å². The Hall–Kier alpha value is -1.16. The summed E-state index contributed by atoms with van der Waals surface area (Å²) in [7, 11) is -1.06. The van der Waals surface area contributed by atoms with E-state index in [0.29, 0.717) is 12.6 Å². The summed E-state index contributed by atoms with van der Waals surface area (Å²) in [5.41, 5.74) is 2.15. The molecule has 6 heteroatoms. The molecule has 5 nitrogen and oxygen atoms in total. The van der Waals surface area contributed by atoms with Crippen molar-refractivity contribution in [1.29, 1.82) is 5.26 Å². The van der Waals surface area contributed by atoms with Crippen LogP contribution in [-0.2, 0) is 24.4 Å². The molecule has 0 radical (unpaired) electrons. The second-order valence-corrected chi connectivity index (χ2v) is 11.8. The first-order valence-corrected chi connectivity index (χ1v) is 10.5. The molecular formula is C13H22N4OSi. The van der Waals surface area contributed by atoms with E-state index in [9.17, 15) is 0 Å². The zero-order valence-electron chi connectivity index (χ0n) is 12.0. The van der Waals surface area contributed by atoms with Crippen molar-refractivity contribution in [3.05, 3.63) is 17.2 Å². The third kappa shape index (κ3) is 3.66. The zero-order valence-corrected chi connectivity index (χ0v) is 13.0. The van der Waals surface area contributed by atoms with Crippen LogP contribution in [0.5, 0.6) is 0 Å². The summed E-state index contributed by atoms with van der Waals surface area (Å²) in [5.74, 6) is 0.474. The van der Waals surface area contributed by atoms with Gasteiger partial charge < -0.3 is 10.1 Å². The summed E-state index contributed by atoms with van der Waals surface area (Å²) in [6.07, 6.45) is 0.895. The molecule has 0 spiro atoms. The molecule has 1 aromatic heterocycles. The minimum Gasteiger partial charge on any atom is -0.361 e. The molecule has 1 aromatic rings. The minimum absolute atomic E-state index is 0.442. The molecule has 19 heavy (non-hydrogen) atoms. The molecule has 0 aliphatic carbocycles. The van der Waals surface area contributed by atoms with E-state index in [0.717, 1.165) is 43.5 Å². The van der Waals surface area contributed by atoms with Gasteiger partial charge in [-0.25, -0.2) is 4.98 Å². The van der Waals surface area contributed by atoms with Crippen LogP contribution in [0.1, 0.15) is 17.2 Å². The predicted octanol–water partition coefficient (Wildman–Crippen LogP) is 1.71. The van der Waals surface area contributed by atoms with Gasteiger partial charge in [-0.1, -0.05) is 19.6 Å². The molecule has 1 aliphatic heterocycles. The lowest BCUT2D eigenvalue weighted by Crippen LogP contribution is -2.26. The lowest BCUT2D eigenvalue weighted by atomic mass is 10.2. The fourth-order valence-corrected chi connectivity index (χ4v) is 2.86. The molecule has 0 amide bonds. The molecular weight excluding hydrogens is 256 g/mol. The fraction of sp³-hybridized carbons (Fsp3) is 0.692. The monoisotopic (exact) mass is 278 g/mol. The van der Waals surface area contributed by atoms with Crippen molar-refractivity contribution in [3.63, 3.8) is 0 Å². The van der Waals surface area contributed by atoms with E-state index in [1.807, 2.05) is 4.57 Å². The summed E-state index contributed by atoms with van der Waals surface area (Å²) in [4.78, 5) is 4.39. The van der Waals surface area contributed by atoms with E-state index in [-0.39, 0.29) is 0 Å². The van der Waals surface area contributed by atoms with Gasteiger partial charge >= 0.3 is 0 Å². The molecule has 2 heterocycles. The summed E-state index contributed by atoms with van der Waals surface area (Å²) in [6.45, 7) is 9.92. The average Bonchev–Trinajstić information content (AvgIpc) is 2.71. The largest absolute Gasteiger partial charge is 0.361 e. The first kappa shape index (κ1) is 14.3. The Bertz CT molecular complexity index is 484.